The minimum Gasteiger partial charge on any atom is -0.497 e. The Morgan fingerprint density at radius 1 is 1.04 bits per heavy atom. The van der Waals surface area contributed by atoms with Gasteiger partial charge < -0.3 is 9.47 Å². The summed E-state index contributed by atoms with van der Waals surface area (Å²) < 4.78 is 37.0. The van der Waals surface area contributed by atoms with Gasteiger partial charge in [0.25, 0.3) is 10.0 Å². The van der Waals surface area contributed by atoms with E-state index in [2.05, 4.69) is 0 Å². The number of rotatable bonds is 5. The van der Waals surface area contributed by atoms with Gasteiger partial charge in [-0.05, 0) is 30.3 Å². The minimum atomic E-state index is -4.03. The highest BCUT2D eigenvalue weighted by atomic mass is 32.2. The highest BCUT2D eigenvalue weighted by Crippen LogP contribution is 2.32. The Bertz CT molecular complexity index is 1070. The van der Waals surface area contributed by atoms with Crippen LogP contribution in [0.3, 0.4) is 0 Å². The zero-order valence-corrected chi connectivity index (χ0v) is 14.2. The molecule has 1 heterocycles. The monoisotopic (exact) mass is 362 g/mol. The molecule has 0 radical (unpaired) electrons. The van der Waals surface area contributed by atoms with Crippen LogP contribution in [-0.2, 0) is 10.0 Å². The van der Waals surface area contributed by atoms with Crippen molar-refractivity contribution in [1.29, 1.82) is 0 Å². The molecule has 0 saturated carbocycles. The van der Waals surface area contributed by atoms with Crippen molar-refractivity contribution in [2.24, 2.45) is 0 Å². The third kappa shape index (κ3) is 2.78. The van der Waals surface area contributed by atoms with Gasteiger partial charge in [-0.15, -0.1) is 0 Å². The number of hydrogen-bond donors (Lipinski definition) is 0. The van der Waals surface area contributed by atoms with E-state index in [1.54, 1.807) is 24.3 Å². The van der Waals surface area contributed by atoms with Gasteiger partial charge in [0.1, 0.15) is 5.75 Å². The Hall–Kier alpha value is -3.07. The highest BCUT2D eigenvalue weighted by Gasteiger charge is 2.24. The zero-order valence-electron chi connectivity index (χ0n) is 13.4. The van der Waals surface area contributed by atoms with E-state index < -0.39 is 20.6 Å². The largest absolute Gasteiger partial charge is 0.497 e. The standard InChI is InChI=1S/C16H14N2O6S/c1-23-12-4-3-11-7-8-17(14(11)9-12)25(21,22)13-5-6-16(24-2)15(10-13)18(19)20/h3-10H,1-2H3. The molecule has 25 heavy (non-hydrogen) atoms. The average Bonchev–Trinajstić information content (AvgIpc) is 3.04. The lowest BCUT2D eigenvalue weighted by Crippen LogP contribution is -2.12. The van der Waals surface area contributed by atoms with Crippen LogP contribution in [0.25, 0.3) is 10.9 Å². The number of aromatic nitrogens is 1. The molecular weight excluding hydrogens is 348 g/mol. The summed E-state index contributed by atoms with van der Waals surface area (Å²) in [5.74, 6) is 0.492. The third-order valence-corrected chi connectivity index (χ3v) is 5.45. The summed E-state index contributed by atoms with van der Waals surface area (Å²) >= 11 is 0. The first-order valence-electron chi connectivity index (χ1n) is 7.11. The first-order chi connectivity index (χ1) is 11.9. The summed E-state index contributed by atoms with van der Waals surface area (Å²) in [6.07, 6.45) is 1.40. The second kappa shape index (κ2) is 6.10. The summed E-state index contributed by atoms with van der Waals surface area (Å²) in [4.78, 5) is 10.3. The van der Waals surface area contributed by atoms with E-state index in [0.717, 1.165) is 10.0 Å². The lowest BCUT2D eigenvalue weighted by atomic mass is 10.2. The van der Waals surface area contributed by atoms with Gasteiger partial charge >= 0.3 is 5.69 Å². The summed E-state index contributed by atoms with van der Waals surface area (Å²) in [6.45, 7) is 0. The van der Waals surface area contributed by atoms with Crippen LogP contribution in [0.5, 0.6) is 11.5 Å². The fraction of sp³-hybridized carbons (Fsp3) is 0.125. The fourth-order valence-corrected chi connectivity index (χ4v) is 3.87. The quantitative estimate of drug-likeness (QED) is 0.511. The van der Waals surface area contributed by atoms with Crippen molar-refractivity contribution in [2.45, 2.75) is 4.90 Å². The van der Waals surface area contributed by atoms with Crippen molar-refractivity contribution in [3.05, 3.63) is 58.8 Å². The third-order valence-electron chi connectivity index (χ3n) is 3.77. The Morgan fingerprint density at radius 3 is 2.44 bits per heavy atom. The van der Waals surface area contributed by atoms with Crippen LogP contribution in [0.2, 0.25) is 0 Å². The maximum atomic E-state index is 12.9. The molecule has 3 rings (SSSR count). The predicted molar refractivity (Wildman–Crippen MR) is 90.7 cm³/mol. The lowest BCUT2D eigenvalue weighted by Gasteiger charge is -2.09. The highest BCUT2D eigenvalue weighted by molar-refractivity contribution is 7.90. The summed E-state index contributed by atoms with van der Waals surface area (Å²) in [6, 6.07) is 10.2. The van der Waals surface area contributed by atoms with Crippen LogP contribution in [0.1, 0.15) is 0 Å². The van der Waals surface area contributed by atoms with Crippen LogP contribution >= 0.6 is 0 Å². The Morgan fingerprint density at radius 2 is 1.80 bits per heavy atom. The maximum Gasteiger partial charge on any atom is 0.312 e. The van der Waals surface area contributed by atoms with Crippen molar-refractivity contribution in [2.75, 3.05) is 14.2 Å². The van der Waals surface area contributed by atoms with Crippen molar-refractivity contribution >= 4 is 26.6 Å². The number of methoxy groups -OCH3 is 2. The minimum absolute atomic E-state index is 0.0111. The van der Waals surface area contributed by atoms with E-state index in [4.69, 9.17) is 9.47 Å². The Labute approximate surface area is 143 Å². The van der Waals surface area contributed by atoms with Gasteiger partial charge in [0.2, 0.25) is 0 Å². The topological polar surface area (TPSA) is 101 Å². The molecule has 2 aromatic carbocycles. The van der Waals surface area contributed by atoms with E-state index in [-0.39, 0.29) is 10.6 Å². The molecule has 0 spiro atoms. The molecule has 1 aromatic heterocycles. The molecule has 0 bridgehead atoms. The number of nitrogens with zero attached hydrogens (tertiary/aromatic N) is 2. The lowest BCUT2D eigenvalue weighted by molar-refractivity contribution is -0.386. The average molecular weight is 362 g/mol. The molecule has 0 aliphatic carbocycles. The molecule has 0 atom stereocenters. The van der Waals surface area contributed by atoms with Gasteiger partial charge in [-0.3, -0.25) is 10.1 Å². The molecule has 0 N–H and O–H groups in total. The molecule has 0 aliphatic rings. The first-order valence-corrected chi connectivity index (χ1v) is 8.55. The molecule has 8 nitrogen and oxygen atoms in total. The molecule has 9 heteroatoms. The molecule has 130 valence electrons. The van der Waals surface area contributed by atoms with Crippen LogP contribution < -0.4 is 9.47 Å². The molecular formula is C16H14N2O6S. The van der Waals surface area contributed by atoms with Gasteiger partial charge in [-0.1, -0.05) is 0 Å². The van der Waals surface area contributed by atoms with Crippen LogP contribution in [0.4, 0.5) is 5.69 Å². The summed E-state index contributed by atoms with van der Waals surface area (Å²) in [7, 11) is -1.27. The van der Waals surface area contributed by atoms with Crippen LogP contribution in [0, 0.1) is 10.1 Å². The zero-order chi connectivity index (χ0) is 18.2. The van der Waals surface area contributed by atoms with Crippen molar-refractivity contribution in [3.63, 3.8) is 0 Å². The van der Waals surface area contributed by atoms with Crippen LogP contribution in [-0.4, -0.2) is 31.5 Å². The first kappa shape index (κ1) is 16.8. The number of hydrogen-bond acceptors (Lipinski definition) is 6. The number of ether oxygens (including phenoxy) is 2. The second-order valence-electron chi connectivity index (χ2n) is 5.13. The molecule has 0 amide bonds. The molecule has 0 fully saturated rings. The van der Waals surface area contributed by atoms with E-state index >= 15 is 0 Å². The summed E-state index contributed by atoms with van der Waals surface area (Å²) in [5.41, 5.74) is -0.00422. The Balaban J connectivity index is 2.20. The van der Waals surface area contributed by atoms with Crippen molar-refractivity contribution < 1.29 is 22.8 Å². The van der Waals surface area contributed by atoms with Gasteiger partial charge in [0.15, 0.2) is 5.75 Å². The maximum absolute atomic E-state index is 12.9. The molecule has 0 saturated heterocycles. The normalized spacial score (nSPS) is 11.4. The number of benzene rings is 2. The molecule has 3 aromatic rings. The van der Waals surface area contributed by atoms with Gasteiger partial charge in [0.05, 0.1) is 29.6 Å². The molecule has 0 aliphatic heterocycles. The van der Waals surface area contributed by atoms with Gasteiger partial charge in [0, 0.05) is 23.7 Å². The number of nitro benzene ring substituents is 1. The van der Waals surface area contributed by atoms with Crippen molar-refractivity contribution in [1.82, 2.24) is 3.97 Å². The smallest absolute Gasteiger partial charge is 0.312 e. The van der Waals surface area contributed by atoms with E-state index in [9.17, 15) is 18.5 Å². The second-order valence-corrected chi connectivity index (χ2v) is 6.95. The fourth-order valence-electron chi connectivity index (χ4n) is 2.51. The Kier molecular flexibility index (Phi) is 4.09. The van der Waals surface area contributed by atoms with Gasteiger partial charge in [-0.25, -0.2) is 12.4 Å². The van der Waals surface area contributed by atoms with E-state index in [1.165, 1.54) is 32.5 Å². The van der Waals surface area contributed by atoms with Crippen molar-refractivity contribution in [3.8, 4) is 11.5 Å². The number of fused-ring (bicyclic) bond motifs is 1. The molecule has 0 unspecified atom stereocenters. The predicted octanol–water partition coefficient (Wildman–Crippen LogP) is 2.80. The van der Waals surface area contributed by atoms with E-state index in [0.29, 0.717) is 16.7 Å². The SMILES string of the molecule is COc1ccc2ccn(S(=O)(=O)c3ccc(OC)c([N+](=O)[O-])c3)c2c1. The van der Waals surface area contributed by atoms with Gasteiger partial charge in [-0.2, -0.15) is 0 Å². The number of nitro groups is 1. The van der Waals surface area contributed by atoms with E-state index in [1.807, 2.05) is 0 Å². The van der Waals surface area contributed by atoms with Crippen LogP contribution in [0.15, 0.2) is 53.6 Å². The summed E-state index contributed by atoms with van der Waals surface area (Å²) in [5, 5.41) is 11.9.